The molecule has 3 rings (SSSR count). The topological polar surface area (TPSA) is 82.2 Å². The molecule has 7 nitrogen and oxygen atoms in total. The molecule has 2 aromatic heterocycles. The van der Waals surface area contributed by atoms with Gasteiger partial charge >= 0.3 is 0 Å². The molecule has 1 amide bonds. The van der Waals surface area contributed by atoms with Gasteiger partial charge in [0.1, 0.15) is 11.9 Å². The van der Waals surface area contributed by atoms with Crippen LogP contribution >= 0.6 is 0 Å². The van der Waals surface area contributed by atoms with Crippen molar-refractivity contribution in [3.05, 3.63) is 35.6 Å². The van der Waals surface area contributed by atoms with Crippen molar-refractivity contribution in [2.75, 3.05) is 13.2 Å². The average molecular weight is 318 g/mol. The average Bonchev–Trinajstić information content (AvgIpc) is 3.24. The molecule has 0 bridgehead atoms. The van der Waals surface area contributed by atoms with Crippen LogP contribution < -0.4 is 5.32 Å². The Bertz CT molecular complexity index is 691. The number of oxazole rings is 1. The number of nitrogens with zero attached hydrogens (tertiary/aromatic N) is 3. The van der Waals surface area contributed by atoms with Crippen molar-refractivity contribution in [1.82, 2.24) is 19.9 Å². The van der Waals surface area contributed by atoms with Gasteiger partial charge in [-0.3, -0.25) is 4.79 Å². The summed E-state index contributed by atoms with van der Waals surface area (Å²) in [5.74, 6) is 1.76. The predicted octanol–water partition coefficient (Wildman–Crippen LogP) is 1.79. The number of imidazole rings is 1. The van der Waals surface area contributed by atoms with Gasteiger partial charge in [0, 0.05) is 44.9 Å². The number of amides is 1. The Balaban J connectivity index is 1.64. The van der Waals surface area contributed by atoms with Gasteiger partial charge < -0.3 is 19.0 Å². The van der Waals surface area contributed by atoms with E-state index in [-0.39, 0.29) is 17.9 Å². The van der Waals surface area contributed by atoms with Crippen LogP contribution in [0.5, 0.6) is 0 Å². The van der Waals surface area contributed by atoms with Crippen LogP contribution in [0.3, 0.4) is 0 Å². The van der Waals surface area contributed by atoms with E-state index in [1.54, 1.807) is 13.1 Å². The van der Waals surface area contributed by atoms with Gasteiger partial charge in [-0.25, -0.2) is 9.97 Å². The maximum absolute atomic E-state index is 12.3. The number of carbonyl (C=O) groups excluding carboxylic acids is 1. The van der Waals surface area contributed by atoms with Crippen LogP contribution in [0.25, 0.3) is 0 Å². The second-order valence-corrected chi connectivity index (χ2v) is 5.82. The Hall–Kier alpha value is -2.15. The molecular weight excluding hydrogens is 296 g/mol. The first-order valence-corrected chi connectivity index (χ1v) is 7.93. The van der Waals surface area contributed by atoms with Gasteiger partial charge in [0.05, 0.1) is 5.69 Å². The number of carbonyl (C=O) groups is 1. The number of aromatic nitrogens is 3. The number of nitrogens with one attached hydrogen (secondary N) is 1. The van der Waals surface area contributed by atoms with Crippen LogP contribution in [-0.4, -0.2) is 33.6 Å². The summed E-state index contributed by atoms with van der Waals surface area (Å²) in [6, 6.07) is 0. The Morgan fingerprint density at radius 3 is 3.00 bits per heavy atom. The highest BCUT2D eigenvalue weighted by molar-refractivity contribution is 5.92. The van der Waals surface area contributed by atoms with Crippen molar-refractivity contribution in [3.8, 4) is 0 Å². The summed E-state index contributed by atoms with van der Waals surface area (Å²) in [5, 5.41) is 2.94. The molecule has 0 radical (unpaired) electrons. The number of rotatable bonds is 5. The highest BCUT2D eigenvalue weighted by Crippen LogP contribution is 2.32. The fourth-order valence-electron chi connectivity index (χ4n) is 2.90. The van der Waals surface area contributed by atoms with E-state index in [0.29, 0.717) is 36.9 Å². The van der Waals surface area contributed by atoms with Crippen molar-refractivity contribution in [2.45, 2.75) is 32.8 Å². The van der Waals surface area contributed by atoms with Crippen molar-refractivity contribution >= 4 is 5.91 Å². The van der Waals surface area contributed by atoms with E-state index in [2.05, 4.69) is 15.3 Å². The Labute approximate surface area is 135 Å². The normalized spacial score (nSPS) is 20.8. The molecule has 1 fully saturated rings. The van der Waals surface area contributed by atoms with E-state index >= 15 is 0 Å². The first-order chi connectivity index (χ1) is 11.1. The predicted molar refractivity (Wildman–Crippen MR) is 83.0 cm³/mol. The third-order valence-corrected chi connectivity index (χ3v) is 4.20. The third-order valence-electron chi connectivity index (χ3n) is 4.20. The van der Waals surface area contributed by atoms with Crippen LogP contribution in [0, 0.1) is 12.8 Å². The monoisotopic (exact) mass is 318 g/mol. The van der Waals surface area contributed by atoms with E-state index < -0.39 is 0 Å². The highest BCUT2D eigenvalue weighted by Gasteiger charge is 2.33. The van der Waals surface area contributed by atoms with Gasteiger partial charge in [0.25, 0.3) is 5.91 Å². The molecule has 0 unspecified atom stereocenters. The molecule has 7 heteroatoms. The zero-order valence-electron chi connectivity index (χ0n) is 13.7. The van der Waals surface area contributed by atoms with Gasteiger partial charge in [0.15, 0.2) is 5.89 Å². The standard InChI is InChI=1S/C16H22N4O3/c1-4-12-19-10(2)13(23-12)16(21)18-9-11-5-8-22-14(11)15-17-6-7-20(15)3/h6-7,11,14H,4-5,8-9H2,1-3H3,(H,18,21)/t11-,14+/m0/s1. The number of hydrogen-bond donors (Lipinski definition) is 1. The Kier molecular flexibility index (Phi) is 4.47. The van der Waals surface area contributed by atoms with E-state index in [9.17, 15) is 4.79 Å². The molecule has 1 aliphatic rings. The van der Waals surface area contributed by atoms with Gasteiger partial charge in [0.2, 0.25) is 5.76 Å². The lowest BCUT2D eigenvalue weighted by Crippen LogP contribution is -2.31. The second-order valence-electron chi connectivity index (χ2n) is 5.82. The van der Waals surface area contributed by atoms with Crippen molar-refractivity contribution in [2.24, 2.45) is 13.0 Å². The summed E-state index contributed by atoms with van der Waals surface area (Å²) in [4.78, 5) is 20.9. The highest BCUT2D eigenvalue weighted by atomic mass is 16.5. The quantitative estimate of drug-likeness (QED) is 0.909. The maximum Gasteiger partial charge on any atom is 0.289 e. The zero-order valence-corrected chi connectivity index (χ0v) is 13.7. The van der Waals surface area contributed by atoms with Crippen LogP contribution in [0.2, 0.25) is 0 Å². The lowest BCUT2D eigenvalue weighted by Gasteiger charge is -2.18. The van der Waals surface area contributed by atoms with E-state index in [4.69, 9.17) is 9.15 Å². The van der Waals surface area contributed by atoms with Crippen molar-refractivity contribution in [1.29, 1.82) is 0 Å². The number of ether oxygens (including phenoxy) is 1. The van der Waals surface area contributed by atoms with Crippen molar-refractivity contribution in [3.63, 3.8) is 0 Å². The molecule has 2 atom stereocenters. The molecule has 0 saturated carbocycles. The molecule has 23 heavy (non-hydrogen) atoms. The minimum absolute atomic E-state index is 0.0858. The summed E-state index contributed by atoms with van der Waals surface area (Å²) in [7, 11) is 1.95. The lowest BCUT2D eigenvalue weighted by atomic mass is 10.0. The Morgan fingerprint density at radius 1 is 1.52 bits per heavy atom. The third kappa shape index (κ3) is 3.14. The van der Waals surface area contributed by atoms with Crippen LogP contribution in [0.15, 0.2) is 16.8 Å². The first-order valence-electron chi connectivity index (χ1n) is 7.93. The van der Waals surface area contributed by atoms with Gasteiger partial charge in [-0.05, 0) is 13.3 Å². The summed E-state index contributed by atoms with van der Waals surface area (Å²) >= 11 is 0. The minimum atomic E-state index is -0.222. The fraction of sp³-hybridized carbons (Fsp3) is 0.562. The first kappa shape index (κ1) is 15.7. The zero-order chi connectivity index (χ0) is 16.4. The molecule has 0 aromatic carbocycles. The largest absolute Gasteiger partial charge is 0.435 e. The molecule has 2 aromatic rings. The molecule has 3 heterocycles. The smallest absolute Gasteiger partial charge is 0.289 e. The molecule has 1 N–H and O–H groups in total. The van der Waals surface area contributed by atoms with Crippen LogP contribution in [0.4, 0.5) is 0 Å². The lowest BCUT2D eigenvalue weighted by molar-refractivity contribution is 0.0771. The van der Waals surface area contributed by atoms with E-state index in [0.717, 1.165) is 12.2 Å². The number of aryl methyl sites for hydroxylation is 3. The SMILES string of the molecule is CCc1nc(C)c(C(=O)NC[C@@H]2CCO[C@H]2c2nccn2C)o1. The molecule has 1 aliphatic heterocycles. The summed E-state index contributed by atoms with van der Waals surface area (Å²) < 4.78 is 13.2. The number of hydrogen-bond acceptors (Lipinski definition) is 5. The van der Waals surface area contributed by atoms with Crippen molar-refractivity contribution < 1.29 is 13.9 Å². The fourth-order valence-corrected chi connectivity index (χ4v) is 2.90. The van der Waals surface area contributed by atoms with Gasteiger partial charge in [-0.15, -0.1) is 0 Å². The van der Waals surface area contributed by atoms with E-state index in [1.807, 2.05) is 24.7 Å². The van der Waals surface area contributed by atoms with Crippen LogP contribution in [0.1, 0.15) is 47.4 Å². The summed E-state index contributed by atoms with van der Waals surface area (Å²) in [5.41, 5.74) is 0.627. The maximum atomic E-state index is 12.3. The molecule has 124 valence electrons. The molecule has 0 aliphatic carbocycles. The molecular formula is C16H22N4O3. The van der Waals surface area contributed by atoms with Gasteiger partial charge in [-0.2, -0.15) is 0 Å². The van der Waals surface area contributed by atoms with Gasteiger partial charge in [-0.1, -0.05) is 6.92 Å². The van der Waals surface area contributed by atoms with E-state index in [1.165, 1.54) is 0 Å². The molecule has 1 saturated heterocycles. The van der Waals surface area contributed by atoms with Crippen LogP contribution in [-0.2, 0) is 18.2 Å². The second kappa shape index (κ2) is 6.54. The molecule has 0 spiro atoms. The summed E-state index contributed by atoms with van der Waals surface area (Å²) in [6.07, 6.45) is 5.14. The summed E-state index contributed by atoms with van der Waals surface area (Å²) in [6.45, 7) is 4.94. The minimum Gasteiger partial charge on any atom is -0.435 e. The Morgan fingerprint density at radius 2 is 2.35 bits per heavy atom.